The Hall–Kier alpha value is -1.09. The van der Waals surface area contributed by atoms with Gasteiger partial charge in [0.25, 0.3) is 0 Å². The zero-order valence-corrected chi connectivity index (χ0v) is 6.59. The summed E-state index contributed by atoms with van der Waals surface area (Å²) in [5, 5.41) is 1.14. The van der Waals surface area contributed by atoms with E-state index in [0.717, 1.165) is 11.1 Å². The van der Waals surface area contributed by atoms with Crippen LogP contribution in [0.15, 0.2) is 16.7 Å². The van der Waals surface area contributed by atoms with E-state index in [9.17, 15) is 0 Å². The Morgan fingerprint density at radius 2 is 2.27 bits per heavy atom. The van der Waals surface area contributed by atoms with Crippen LogP contribution in [-0.4, -0.2) is 9.97 Å². The van der Waals surface area contributed by atoms with E-state index < -0.39 is 0 Å². The lowest BCUT2D eigenvalue weighted by molar-refractivity contribution is 0.602. The molecule has 0 saturated heterocycles. The van der Waals surface area contributed by atoms with Gasteiger partial charge in [0.2, 0.25) is 11.0 Å². The molecule has 0 saturated carbocycles. The van der Waals surface area contributed by atoms with Gasteiger partial charge in [-0.05, 0) is 24.6 Å². The van der Waals surface area contributed by atoms with Crippen LogP contribution in [0, 0.1) is 6.92 Å². The summed E-state index contributed by atoms with van der Waals surface area (Å²) in [6.45, 7) is 1.87. The molecule has 11 heavy (non-hydrogen) atoms. The van der Waals surface area contributed by atoms with Gasteiger partial charge in [-0.3, -0.25) is 0 Å². The number of hydrogen-bond donors (Lipinski definition) is 0. The molecule has 4 heteroatoms. The van der Waals surface area contributed by atoms with Crippen LogP contribution in [0.5, 0.6) is 0 Å². The summed E-state index contributed by atoms with van der Waals surface area (Å²) in [7, 11) is 0. The van der Waals surface area contributed by atoms with Crippen LogP contribution in [0.4, 0.5) is 0 Å². The minimum Gasteiger partial charge on any atom is -0.446 e. The molecule has 2 aromatic rings. The van der Waals surface area contributed by atoms with Crippen molar-refractivity contribution in [2.45, 2.75) is 6.92 Å². The van der Waals surface area contributed by atoms with E-state index in [4.69, 9.17) is 16.0 Å². The third-order valence-electron chi connectivity index (χ3n) is 1.49. The van der Waals surface area contributed by atoms with Gasteiger partial charge in [0.1, 0.15) is 0 Å². The SMILES string of the molecule is Cc1nc(Cl)nc2occc12. The lowest BCUT2D eigenvalue weighted by atomic mass is 10.3. The minimum atomic E-state index is 0.227. The van der Waals surface area contributed by atoms with E-state index in [1.54, 1.807) is 6.26 Å². The fourth-order valence-corrected chi connectivity index (χ4v) is 1.17. The van der Waals surface area contributed by atoms with Crippen LogP contribution in [0.25, 0.3) is 11.1 Å². The van der Waals surface area contributed by atoms with Crippen molar-refractivity contribution in [3.63, 3.8) is 0 Å². The van der Waals surface area contributed by atoms with Gasteiger partial charge < -0.3 is 4.42 Å². The minimum absolute atomic E-state index is 0.227. The zero-order valence-electron chi connectivity index (χ0n) is 5.84. The molecule has 0 radical (unpaired) electrons. The molecule has 0 bridgehead atoms. The first-order chi connectivity index (χ1) is 5.27. The van der Waals surface area contributed by atoms with Gasteiger partial charge in [-0.2, -0.15) is 4.98 Å². The predicted molar refractivity (Wildman–Crippen MR) is 41.6 cm³/mol. The average Bonchev–Trinajstić information content (AvgIpc) is 2.34. The molecular formula is C7H5ClN2O. The maximum absolute atomic E-state index is 5.60. The molecule has 0 N–H and O–H groups in total. The summed E-state index contributed by atoms with van der Waals surface area (Å²) in [5.41, 5.74) is 1.39. The largest absolute Gasteiger partial charge is 0.446 e. The number of nitrogens with zero attached hydrogens (tertiary/aromatic N) is 2. The summed E-state index contributed by atoms with van der Waals surface area (Å²) in [5.74, 6) is 0. The number of aryl methyl sites for hydroxylation is 1. The fraction of sp³-hybridized carbons (Fsp3) is 0.143. The second-order valence-corrected chi connectivity index (χ2v) is 2.56. The molecule has 56 valence electrons. The summed E-state index contributed by atoms with van der Waals surface area (Å²) >= 11 is 5.60. The Kier molecular flexibility index (Phi) is 1.32. The first kappa shape index (κ1) is 6.61. The maximum atomic E-state index is 5.60. The van der Waals surface area contributed by atoms with Gasteiger partial charge in [-0.25, -0.2) is 4.98 Å². The highest BCUT2D eigenvalue weighted by atomic mass is 35.5. The highest BCUT2D eigenvalue weighted by molar-refractivity contribution is 6.28. The predicted octanol–water partition coefficient (Wildman–Crippen LogP) is 2.18. The Balaban J connectivity index is 2.91. The second-order valence-electron chi connectivity index (χ2n) is 2.22. The number of halogens is 1. The van der Waals surface area contributed by atoms with E-state index in [0.29, 0.717) is 5.71 Å². The Labute approximate surface area is 68.0 Å². The van der Waals surface area contributed by atoms with Crippen molar-refractivity contribution in [3.05, 3.63) is 23.3 Å². The van der Waals surface area contributed by atoms with Crippen molar-refractivity contribution in [1.29, 1.82) is 0 Å². The number of fused-ring (bicyclic) bond motifs is 1. The average molecular weight is 169 g/mol. The van der Waals surface area contributed by atoms with Crippen molar-refractivity contribution in [2.24, 2.45) is 0 Å². The Morgan fingerprint density at radius 3 is 3.09 bits per heavy atom. The fourth-order valence-electron chi connectivity index (χ4n) is 0.971. The highest BCUT2D eigenvalue weighted by Crippen LogP contribution is 2.17. The van der Waals surface area contributed by atoms with E-state index in [-0.39, 0.29) is 5.28 Å². The van der Waals surface area contributed by atoms with Crippen molar-refractivity contribution < 1.29 is 4.42 Å². The third-order valence-corrected chi connectivity index (χ3v) is 1.66. The topological polar surface area (TPSA) is 38.9 Å². The molecule has 0 spiro atoms. The standard InChI is InChI=1S/C7H5ClN2O/c1-4-5-2-3-11-6(5)10-7(8)9-4/h2-3H,1H3. The number of rotatable bonds is 0. The molecule has 3 nitrogen and oxygen atoms in total. The molecule has 2 aromatic heterocycles. The van der Waals surface area contributed by atoms with Crippen molar-refractivity contribution >= 4 is 22.7 Å². The summed E-state index contributed by atoms with van der Waals surface area (Å²) < 4.78 is 5.04. The van der Waals surface area contributed by atoms with Crippen molar-refractivity contribution in [1.82, 2.24) is 9.97 Å². The number of furan rings is 1. The van der Waals surface area contributed by atoms with Crippen LogP contribution >= 0.6 is 11.6 Å². The van der Waals surface area contributed by atoms with Crippen molar-refractivity contribution in [3.8, 4) is 0 Å². The van der Waals surface area contributed by atoms with Gasteiger partial charge >= 0.3 is 0 Å². The zero-order chi connectivity index (χ0) is 7.84. The normalized spacial score (nSPS) is 10.7. The van der Waals surface area contributed by atoms with Crippen molar-refractivity contribution in [2.75, 3.05) is 0 Å². The summed E-state index contributed by atoms with van der Waals surface area (Å²) in [6.07, 6.45) is 1.57. The van der Waals surface area contributed by atoms with Crippen LogP contribution in [0.3, 0.4) is 0 Å². The van der Waals surface area contributed by atoms with Crippen LogP contribution < -0.4 is 0 Å². The van der Waals surface area contributed by atoms with E-state index in [1.165, 1.54) is 0 Å². The third kappa shape index (κ3) is 0.973. The van der Waals surface area contributed by atoms with E-state index in [1.807, 2.05) is 13.0 Å². The van der Waals surface area contributed by atoms with Gasteiger partial charge in [0.15, 0.2) is 0 Å². The smallest absolute Gasteiger partial charge is 0.230 e. The lowest BCUT2D eigenvalue weighted by Crippen LogP contribution is -1.85. The van der Waals surface area contributed by atoms with Crippen LogP contribution in [0.1, 0.15) is 5.69 Å². The monoisotopic (exact) mass is 168 g/mol. The van der Waals surface area contributed by atoms with E-state index >= 15 is 0 Å². The molecule has 0 fully saturated rings. The van der Waals surface area contributed by atoms with Gasteiger partial charge in [-0.15, -0.1) is 0 Å². The molecule has 0 amide bonds. The molecular weight excluding hydrogens is 164 g/mol. The molecule has 0 aliphatic heterocycles. The summed E-state index contributed by atoms with van der Waals surface area (Å²) in [4.78, 5) is 7.85. The Bertz CT molecular complexity index is 396. The first-order valence-electron chi connectivity index (χ1n) is 3.15. The van der Waals surface area contributed by atoms with Crippen LogP contribution in [0.2, 0.25) is 5.28 Å². The molecule has 0 aromatic carbocycles. The molecule has 2 rings (SSSR count). The number of aromatic nitrogens is 2. The van der Waals surface area contributed by atoms with Crippen LogP contribution in [-0.2, 0) is 0 Å². The quantitative estimate of drug-likeness (QED) is 0.566. The van der Waals surface area contributed by atoms with Gasteiger partial charge in [0, 0.05) is 0 Å². The summed E-state index contributed by atoms with van der Waals surface area (Å²) in [6, 6.07) is 1.82. The lowest BCUT2D eigenvalue weighted by Gasteiger charge is -1.92. The molecule has 2 heterocycles. The molecule has 0 unspecified atom stereocenters. The highest BCUT2D eigenvalue weighted by Gasteiger charge is 2.03. The number of hydrogen-bond acceptors (Lipinski definition) is 3. The van der Waals surface area contributed by atoms with Gasteiger partial charge in [0.05, 0.1) is 17.3 Å². The second kappa shape index (κ2) is 2.20. The molecule has 0 aliphatic carbocycles. The maximum Gasteiger partial charge on any atom is 0.230 e. The molecule has 0 aliphatic rings. The first-order valence-corrected chi connectivity index (χ1v) is 3.52. The Morgan fingerprint density at radius 1 is 1.45 bits per heavy atom. The van der Waals surface area contributed by atoms with E-state index in [2.05, 4.69) is 9.97 Å². The van der Waals surface area contributed by atoms with Gasteiger partial charge in [-0.1, -0.05) is 0 Å². The molecule has 0 atom stereocenters.